The SMILES string of the molecule is Cn1c(N)c(C(=S)NC(=O)C2CC2)c(=O)n(C)c1=O. The van der Waals surface area contributed by atoms with E-state index >= 15 is 0 Å². The quantitative estimate of drug-likeness (QED) is 0.669. The maximum atomic E-state index is 12.0. The van der Waals surface area contributed by atoms with Crippen molar-refractivity contribution in [2.24, 2.45) is 20.0 Å². The third-order valence-electron chi connectivity index (χ3n) is 3.12. The predicted octanol–water partition coefficient (Wildman–Crippen LogP) is -1.13. The Hall–Kier alpha value is -1.96. The molecule has 0 bridgehead atoms. The summed E-state index contributed by atoms with van der Waals surface area (Å²) in [5.41, 5.74) is 4.56. The van der Waals surface area contributed by atoms with Gasteiger partial charge in [0, 0.05) is 20.0 Å². The average molecular weight is 282 g/mol. The number of nitrogens with two attached hydrogens (primary N) is 1. The Balaban J connectivity index is 2.44. The molecule has 8 heteroatoms. The predicted molar refractivity (Wildman–Crippen MR) is 73.9 cm³/mol. The zero-order chi connectivity index (χ0) is 14.3. The van der Waals surface area contributed by atoms with Crippen molar-refractivity contribution in [2.75, 3.05) is 5.73 Å². The highest BCUT2D eigenvalue weighted by molar-refractivity contribution is 7.80. The van der Waals surface area contributed by atoms with E-state index < -0.39 is 11.2 Å². The number of amides is 1. The molecule has 0 radical (unpaired) electrons. The number of nitrogen functional groups attached to an aromatic ring is 1. The first-order chi connectivity index (χ1) is 8.84. The molecule has 19 heavy (non-hydrogen) atoms. The van der Waals surface area contributed by atoms with Gasteiger partial charge in [0.15, 0.2) is 0 Å². The Morgan fingerprint density at radius 2 is 1.89 bits per heavy atom. The molecule has 1 aliphatic rings. The third kappa shape index (κ3) is 2.30. The summed E-state index contributed by atoms with van der Waals surface area (Å²) >= 11 is 5.04. The number of nitrogens with one attached hydrogen (secondary N) is 1. The molecule has 0 unspecified atom stereocenters. The minimum atomic E-state index is -0.610. The van der Waals surface area contributed by atoms with E-state index in [0.717, 1.165) is 22.0 Å². The van der Waals surface area contributed by atoms with Crippen molar-refractivity contribution in [2.45, 2.75) is 12.8 Å². The molecule has 1 amide bonds. The lowest BCUT2D eigenvalue weighted by Crippen LogP contribution is -2.44. The molecule has 1 heterocycles. The van der Waals surface area contributed by atoms with Gasteiger partial charge in [-0.3, -0.25) is 18.7 Å². The molecule has 2 rings (SSSR count). The lowest BCUT2D eigenvalue weighted by molar-refractivity contribution is -0.120. The van der Waals surface area contributed by atoms with Crippen LogP contribution in [-0.2, 0) is 18.9 Å². The molecular formula is C11H14N4O3S. The van der Waals surface area contributed by atoms with Crippen molar-refractivity contribution in [1.82, 2.24) is 14.5 Å². The fourth-order valence-electron chi connectivity index (χ4n) is 1.70. The summed E-state index contributed by atoms with van der Waals surface area (Å²) in [6.45, 7) is 0. The summed E-state index contributed by atoms with van der Waals surface area (Å²) in [7, 11) is 2.77. The number of hydrogen-bond donors (Lipinski definition) is 2. The van der Waals surface area contributed by atoms with Crippen LogP contribution in [0.4, 0.5) is 5.82 Å². The molecule has 1 aromatic rings. The minimum Gasteiger partial charge on any atom is -0.384 e. The number of nitrogens with zero attached hydrogens (tertiary/aromatic N) is 2. The van der Waals surface area contributed by atoms with Gasteiger partial charge in [-0.1, -0.05) is 12.2 Å². The summed E-state index contributed by atoms with van der Waals surface area (Å²) in [4.78, 5) is 35.2. The fourth-order valence-corrected chi connectivity index (χ4v) is 1.99. The van der Waals surface area contributed by atoms with Crippen molar-refractivity contribution in [3.63, 3.8) is 0 Å². The van der Waals surface area contributed by atoms with Gasteiger partial charge in [-0.2, -0.15) is 0 Å². The van der Waals surface area contributed by atoms with Crippen LogP contribution in [-0.4, -0.2) is 20.0 Å². The zero-order valence-corrected chi connectivity index (χ0v) is 11.4. The lowest BCUT2D eigenvalue weighted by atomic mass is 10.2. The molecule has 0 aliphatic heterocycles. The summed E-state index contributed by atoms with van der Waals surface area (Å²) in [5.74, 6) is -0.287. The van der Waals surface area contributed by atoms with Crippen LogP contribution in [0.1, 0.15) is 18.4 Å². The second-order valence-corrected chi connectivity index (χ2v) is 4.97. The minimum absolute atomic E-state index is 0.0198. The van der Waals surface area contributed by atoms with Crippen molar-refractivity contribution in [3.05, 3.63) is 26.4 Å². The molecule has 0 aromatic carbocycles. The van der Waals surface area contributed by atoms with Crippen LogP contribution in [0.2, 0.25) is 0 Å². The Kier molecular flexibility index (Phi) is 3.27. The number of aromatic nitrogens is 2. The molecule has 0 spiro atoms. The van der Waals surface area contributed by atoms with E-state index in [9.17, 15) is 14.4 Å². The summed E-state index contributed by atoms with van der Waals surface area (Å²) in [5, 5.41) is 2.50. The molecule has 1 aliphatic carbocycles. The van der Waals surface area contributed by atoms with Crippen LogP contribution in [0, 0.1) is 5.92 Å². The molecule has 0 atom stereocenters. The maximum Gasteiger partial charge on any atom is 0.332 e. The van der Waals surface area contributed by atoms with Gasteiger partial charge in [0.25, 0.3) is 5.56 Å². The number of rotatable bonds is 2. The fraction of sp³-hybridized carbons (Fsp3) is 0.455. The number of anilines is 1. The van der Waals surface area contributed by atoms with Gasteiger partial charge in [-0.05, 0) is 12.8 Å². The van der Waals surface area contributed by atoms with E-state index in [2.05, 4.69) is 5.32 Å². The van der Waals surface area contributed by atoms with Crippen molar-refractivity contribution >= 4 is 28.9 Å². The van der Waals surface area contributed by atoms with Gasteiger partial charge in [-0.25, -0.2) is 4.79 Å². The highest BCUT2D eigenvalue weighted by atomic mass is 32.1. The Morgan fingerprint density at radius 3 is 2.42 bits per heavy atom. The maximum absolute atomic E-state index is 12.0. The van der Waals surface area contributed by atoms with Crippen LogP contribution in [0.25, 0.3) is 0 Å². The Labute approximate surface area is 114 Å². The van der Waals surface area contributed by atoms with E-state index in [0.29, 0.717) is 0 Å². The second-order valence-electron chi connectivity index (χ2n) is 4.56. The van der Waals surface area contributed by atoms with Crippen LogP contribution < -0.4 is 22.3 Å². The first kappa shape index (κ1) is 13.5. The van der Waals surface area contributed by atoms with Crippen molar-refractivity contribution in [3.8, 4) is 0 Å². The molecule has 1 aromatic heterocycles. The highest BCUT2D eigenvalue weighted by Crippen LogP contribution is 2.28. The summed E-state index contributed by atoms with van der Waals surface area (Å²) in [6.07, 6.45) is 1.66. The third-order valence-corrected chi connectivity index (χ3v) is 3.43. The number of carbonyl (C=O) groups excluding carboxylic acids is 1. The smallest absolute Gasteiger partial charge is 0.332 e. The molecule has 1 saturated carbocycles. The number of thiocarbonyl (C=S) groups is 1. The van der Waals surface area contributed by atoms with Crippen LogP contribution in [0.15, 0.2) is 9.59 Å². The van der Waals surface area contributed by atoms with Gasteiger partial charge in [0.2, 0.25) is 5.91 Å². The van der Waals surface area contributed by atoms with E-state index in [-0.39, 0.29) is 28.2 Å². The number of hydrogen-bond acceptors (Lipinski definition) is 5. The van der Waals surface area contributed by atoms with E-state index in [1.165, 1.54) is 14.1 Å². The van der Waals surface area contributed by atoms with Gasteiger partial charge >= 0.3 is 5.69 Å². The topological polar surface area (TPSA) is 99.1 Å². The Morgan fingerprint density at radius 1 is 1.32 bits per heavy atom. The summed E-state index contributed by atoms with van der Waals surface area (Å²) in [6, 6.07) is 0. The highest BCUT2D eigenvalue weighted by Gasteiger charge is 2.31. The molecule has 0 saturated heterocycles. The first-order valence-corrected chi connectivity index (χ1v) is 6.16. The van der Waals surface area contributed by atoms with E-state index in [1.54, 1.807) is 0 Å². The van der Waals surface area contributed by atoms with E-state index in [1.807, 2.05) is 0 Å². The summed E-state index contributed by atoms with van der Waals surface area (Å²) < 4.78 is 2.02. The van der Waals surface area contributed by atoms with Crippen LogP contribution >= 0.6 is 12.2 Å². The first-order valence-electron chi connectivity index (χ1n) is 5.75. The average Bonchev–Trinajstić information content (AvgIpc) is 3.18. The zero-order valence-electron chi connectivity index (χ0n) is 10.6. The largest absolute Gasteiger partial charge is 0.384 e. The van der Waals surface area contributed by atoms with Crippen LogP contribution in [0.5, 0.6) is 0 Å². The van der Waals surface area contributed by atoms with Gasteiger partial charge in [0.05, 0.1) is 0 Å². The molecule has 1 fully saturated rings. The van der Waals surface area contributed by atoms with Gasteiger partial charge in [0.1, 0.15) is 16.4 Å². The van der Waals surface area contributed by atoms with Gasteiger partial charge in [-0.15, -0.1) is 0 Å². The molecule has 3 N–H and O–H groups in total. The molecule has 102 valence electrons. The van der Waals surface area contributed by atoms with E-state index in [4.69, 9.17) is 18.0 Å². The van der Waals surface area contributed by atoms with Crippen LogP contribution in [0.3, 0.4) is 0 Å². The number of carbonyl (C=O) groups is 1. The second kappa shape index (κ2) is 4.61. The molecule has 7 nitrogen and oxygen atoms in total. The van der Waals surface area contributed by atoms with Crippen molar-refractivity contribution < 1.29 is 4.79 Å². The monoisotopic (exact) mass is 282 g/mol. The van der Waals surface area contributed by atoms with Gasteiger partial charge < -0.3 is 11.1 Å². The standard InChI is InChI=1S/C11H14N4O3S/c1-14-7(12)6(10(17)15(2)11(14)18)9(19)13-8(16)5-3-4-5/h5H,3-4,12H2,1-2H3,(H,13,16,19). The molecular weight excluding hydrogens is 268 g/mol. The Bertz CT molecular complexity index is 684. The van der Waals surface area contributed by atoms with Crippen molar-refractivity contribution in [1.29, 1.82) is 0 Å². The lowest BCUT2D eigenvalue weighted by Gasteiger charge is -2.12. The normalized spacial score (nSPS) is 14.2.